The minimum absolute atomic E-state index is 0.561. The monoisotopic (exact) mass is 233 g/mol. The third kappa shape index (κ3) is 2.07. The highest BCUT2D eigenvalue weighted by Gasteiger charge is 2.09. The zero-order chi connectivity index (χ0) is 11.5. The summed E-state index contributed by atoms with van der Waals surface area (Å²) < 4.78 is 8.49. The molecule has 2 aromatic rings. The van der Waals surface area contributed by atoms with Crippen molar-refractivity contribution >= 4 is 17.5 Å². The lowest BCUT2D eigenvalue weighted by molar-refractivity contribution is 0.867. The fourth-order valence-corrected chi connectivity index (χ4v) is 2.14. The van der Waals surface area contributed by atoms with Crippen LogP contribution in [0.4, 0.5) is 5.82 Å². The van der Waals surface area contributed by atoms with Gasteiger partial charge in [-0.05, 0) is 11.5 Å². The van der Waals surface area contributed by atoms with E-state index in [1.807, 2.05) is 7.05 Å². The van der Waals surface area contributed by atoms with Crippen molar-refractivity contribution in [3.8, 4) is 11.3 Å². The molecule has 0 saturated heterocycles. The SMILES string of the molecule is CNc1nsnc1-c1ccc(C(C)C)cc1. The molecule has 1 aromatic heterocycles. The summed E-state index contributed by atoms with van der Waals surface area (Å²) in [7, 11) is 1.86. The molecule has 1 aromatic carbocycles. The first-order valence-electron chi connectivity index (χ1n) is 5.33. The molecular formula is C12H15N3S. The predicted molar refractivity (Wildman–Crippen MR) is 69.0 cm³/mol. The summed E-state index contributed by atoms with van der Waals surface area (Å²) in [4.78, 5) is 0. The van der Waals surface area contributed by atoms with Crippen LogP contribution in [0.5, 0.6) is 0 Å². The topological polar surface area (TPSA) is 37.8 Å². The second kappa shape index (κ2) is 4.61. The summed E-state index contributed by atoms with van der Waals surface area (Å²) in [5, 5.41) is 3.05. The van der Waals surface area contributed by atoms with Crippen LogP contribution in [-0.4, -0.2) is 15.8 Å². The van der Waals surface area contributed by atoms with E-state index < -0.39 is 0 Å². The van der Waals surface area contributed by atoms with Crippen LogP contribution < -0.4 is 5.32 Å². The van der Waals surface area contributed by atoms with E-state index in [1.165, 1.54) is 17.3 Å². The molecule has 0 saturated carbocycles. The molecule has 0 atom stereocenters. The molecule has 4 heteroatoms. The van der Waals surface area contributed by atoms with Crippen LogP contribution in [0.2, 0.25) is 0 Å². The molecule has 0 bridgehead atoms. The third-order valence-corrected chi connectivity index (χ3v) is 3.10. The molecule has 1 N–H and O–H groups in total. The Morgan fingerprint density at radius 1 is 1.12 bits per heavy atom. The van der Waals surface area contributed by atoms with E-state index in [-0.39, 0.29) is 0 Å². The second-order valence-corrected chi connectivity index (χ2v) is 4.52. The number of hydrogen-bond acceptors (Lipinski definition) is 4. The first-order chi connectivity index (χ1) is 7.72. The molecule has 0 amide bonds. The van der Waals surface area contributed by atoms with E-state index in [2.05, 4.69) is 52.2 Å². The zero-order valence-corrected chi connectivity index (χ0v) is 10.5. The number of nitrogens with zero attached hydrogens (tertiary/aromatic N) is 2. The normalized spacial score (nSPS) is 10.8. The van der Waals surface area contributed by atoms with Crippen molar-refractivity contribution in [2.45, 2.75) is 19.8 Å². The van der Waals surface area contributed by atoms with Gasteiger partial charge in [0, 0.05) is 12.6 Å². The summed E-state index contributed by atoms with van der Waals surface area (Å²) >= 11 is 1.23. The van der Waals surface area contributed by atoms with Gasteiger partial charge in [0.15, 0.2) is 5.82 Å². The molecule has 0 fully saturated rings. The maximum absolute atomic E-state index is 4.30. The van der Waals surface area contributed by atoms with Gasteiger partial charge in [-0.1, -0.05) is 38.1 Å². The summed E-state index contributed by atoms with van der Waals surface area (Å²) in [5.41, 5.74) is 3.39. The van der Waals surface area contributed by atoms with Gasteiger partial charge in [0.1, 0.15) is 5.69 Å². The van der Waals surface area contributed by atoms with E-state index in [4.69, 9.17) is 0 Å². The molecule has 0 aliphatic rings. The van der Waals surface area contributed by atoms with E-state index in [0.717, 1.165) is 17.1 Å². The van der Waals surface area contributed by atoms with Crippen LogP contribution in [0.25, 0.3) is 11.3 Å². The number of aromatic nitrogens is 2. The van der Waals surface area contributed by atoms with Crippen LogP contribution in [0.15, 0.2) is 24.3 Å². The van der Waals surface area contributed by atoms with Gasteiger partial charge in [-0.3, -0.25) is 0 Å². The van der Waals surface area contributed by atoms with Gasteiger partial charge in [0.05, 0.1) is 11.7 Å². The lowest BCUT2D eigenvalue weighted by atomic mass is 10.0. The van der Waals surface area contributed by atoms with Crippen molar-refractivity contribution in [2.75, 3.05) is 12.4 Å². The summed E-state index contributed by atoms with van der Waals surface area (Å²) in [5.74, 6) is 1.41. The zero-order valence-electron chi connectivity index (χ0n) is 9.69. The smallest absolute Gasteiger partial charge is 0.167 e. The van der Waals surface area contributed by atoms with Gasteiger partial charge in [0.25, 0.3) is 0 Å². The molecule has 0 aliphatic heterocycles. The van der Waals surface area contributed by atoms with Gasteiger partial charge in [-0.2, -0.15) is 8.75 Å². The van der Waals surface area contributed by atoms with Crippen LogP contribution in [0, 0.1) is 0 Å². The Balaban J connectivity index is 2.35. The fourth-order valence-electron chi connectivity index (χ4n) is 1.57. The van der Waals surface area contributed by atoms with Crippen molar-refractivity contribution in [3.63, 3.8) is 0 Å². The highest BCUT2D eigenvalue weighted by atomic mass is 32.1. The Bertz CT molecular complexity index is 459. The predicted octanol–water partition coefficient (Wildman–Crippen LogP) is 3.37. The molecule has 0 unspecified atom stereocenters. The van der Waals surface area contributed by atoms with Crippen LogP contribution >= 0.6 is 11.7 Å². The molecule has 1 heterocycles. The van der Waals surface area contributed by atoms with Gasteiger partial charge >= 0.3 is 0 Å². The maximum atomic E-state index is 4.30. The number of rotatable bonds is 3. The van der Waals surface area contributed by atoms with Gasteiger partial charge < -0.3 is 5.32 Å². The molecule has 0 aliphatic carbocycles. The maximum Gasteiger partial charge on any atom is 0.167 e. The summed E-state index contributed by atoms with van der Waals surface area (Å²) in [6.07, 6.45) is 0. The molecule has 2 rings (SSSR count). The molecular weight excluding hydrogens is 218 g/mol. The van der Waals surface area contributed by atoms with Crippen LogP contribution in [-0.2, 0) is 0 Å². The van der Waals surface area contributed by atoms with Crippen molar-refractivity contribution in [1.29, 1.82) is 0 Å². The minimum atomic E-state index is 0.561. The average Bonchev–Trinajstić information content (AvgIpc) is 2.77. The number of anilines is 1. The van der Waals surface area contributed by atoms with E-state index in [9.17, 15) is 0 Å². The fraction of sp³-hybridized carbons (Fsp3) is 0.333. The quantitative estimate of drug-likeness (QED) is 0.883. The van der Waals surface area contributed by atoms with Crippen molar-refractivity contribution < 1.29 is 0 Å². The highest BCUT2D eigenvalue weighted by molar-refractivity contribution is 6.99. The lowest BCUT2D eigenvalue weighted by Gasteiger charge is -2.06. The Hall–Kier alpha value is -1.42. The minimum Gasteiger partial charge on any atom is -0.370 e. The van der Waals surface area contributed by atoms with Gasteiger partial charge in [-0.25, -0.2) is 0 Å². The van der Waals surface area contributed by atoms with Crippen LogP contribution in [0.1, 0.15) is 25.3 Å². The Morgan fingerprint density at radius 3 is 2.38 bits per heavy atom. The number of nitrogens with one attached hydrogen (secondary N) is 1. The first-order valence-corrected chi connectivity index (χ1v) is 6.06. The number of benzene rings is 1. The van der Waals surface area contributed by atoms with Crippen LogP contribution in [0.3, 0.4) is 0 Å². The summed E-state index contributed by atoms with van der Waals surface area (Å²) in [6.45, 7) is 4.39. The third-order valence-electron chi connectivity index (χ3n) is 2.58. The number of hydrogen-bond donors (Lipinski definition) is 1. The Kier molecular flexibility index (Phi) is 3.19. The lowest BCUT2D eigenvalue weighted by Crippen LogP contribution is -1.91. The van der Waals surface area contributed by atoms with Crippen molar-refractivity contribution in [1.82, 2.24) is 8.75 Å². The van der Waals surface area contributed by atoms with E-state index in [0.29, 0.717) is 5.92 Å². The van der Waals surface area contributed by atoms with Crippen molar-refractivity contribution in [3.05, 3.63) is 29.8 Å². The first kappa shape index (κ1) is 11.1. The largest absolute Gasteiger partial charge is 0.370 e. The molecule has 3 nitrogen and oxygen atoms in total. The Labute approximate surface area is 99.9 Å². The molecule has 0 radical (unpaired) electrons. The molecule has 0 spiro atoms. The Morgan fingerprint density at radius 2 is 1.81 bits per heavy atom. The van der Waals surface area contributed by atoms with Crippen molar-refractivity contribution in [2.24, 2.45) is 0 Å². The standard InChI is InChI=1S/C12H15N3S/c1-8(2)9-4-6-10(7-5-9)11-12(13-3)15-16-14-11/h4-8H,1-3H3,(H,13,15). The molecule has 16 heavy (non-hydrogen) atoms. The second-order valence-electron chi connectivity index (χ2n) is 3.99. The summed E-state index contributed by atoms with van der Waals surface area (Å²) in [6, 6.07) is 8.51. The highest BCUT2D eigenvalue weighted by Crippen LogP contribution is 2.26. The molecule has 84 valence electrons. The average molecular weight is 233 g/mol. The van der Waals surface area contributed by atoms with Gasteiger partial charge in [0.2, 0.25) is 0 Å². The van der Waals surface area contributed by atoms with Gasteiger partial charge in [-0.15, -0.1) is 0 Å². The van der Waals surface area contributed by atoms with E-state index in [1.54, 1.807) is 0 Å². The van der Waals surface area contributed by atoms with E-state index >= 15 is 0 Å².